The number of Topliss-reactive ketones (excluding diaryl/α,β-unsaturated/α-hetero) is 1. The fourth-order valence-electron chi connectivity index (χ4n) is 5.30. The van der Waals surface area contributed by atoms with Crippen LogP contribution >= 0.6 is 0 Å². The Labute approximate surface area is 216 Å². The standard InChI is InChI=1S/C16H20N4O3.C11H16O3/c1-3-23-16(21)19-13-8-9-14(20-15(13)17)18-10-11-4-6-12(22-2)7-5-11;1-10(2)6-4-5-11(10,3)8(12)7(6)9(13)14/h4-9H,3,10H2,1-2H3,(H,19,21)(H3,17,18,20);6-7H,4-5H2,1-3H3,(H,13,14). The van der Waals surface area contributed by atoms with Crippen LogP contribution in [0.3, 0.4) is 0 Å². The molecule has 10 heteroatoms. The van der Waals surface area contributed by atoms with Crippen molar-refractivity contribution in [3.63, 3.8) is 0 Å². The largest absolute Gasteiger partial charge is 0.549 e. The Morgan fingerprint density at radius 1 is 1.16 bits per heavy atom. The number of nitrogens with one attached hydrogen (secondary N) is 3. The van der Waals surface area contributed by atoms with Crippen molar-refractivity contribution in [3.05, 3.63) is 42.0 Å². The summed E-state index contributed by atoms with van der Waals surface area (Å²) >= 11 is 0. The van der Waals surface area contributed by atoms with Gasteiger partial charge in [-0.3, -0.25) is 10.1 Å². The van der Waals surface area contributed by atoms with Crippen LogP contribution in [0.2, 0.25) is 0 Å². The van der Waals surface area contributed by atoms with Crippen LogP contribution in [0.15, 0.2) is 36.4 Å². The summed E-state index contributed by atoms with van der Waals surface area (Å²) in [5.74, 6) is -0.270. The zero-order valence-corrected chi connectivity index (χ0v) is 22.0. The van der Waals surface area contributed by atoms with E-state index in [4.69, 9.17) is 15.2 Å². The molecule has 0 spiro atoms. The SMILES string of the molecule is CC12CCC(C(C(=O)[O-])C1=O)C2(C)C.CCOC(=O)Nc1ccc(NCc2ccc(OC)cc2)[nH+]c1N. The number of carbonyl (C=O) groups excluding carboxylic acids is 3. The summed E-state index contributed by atoms with van der Waals surface area (Å²) in [6.07, 6.45) is 1.13. The van der Waals surface area contributed by atoms with Crippen molar-refractivity contribution in [2.75, 3.05) is 30.1 Å². The number of ether oxygens (including phenoxy) is 2. The summed E-state index contributed by atoms with van der Waals surface area (Å²) in [6.45, 7) is 8.58. The molecule has 2 aliphatic carbocycles. The van der Waals surface area contributed by atoms with E-state index in [9.17, 15) is 19.5 Å². The topological polar surface area (TPSA) is 157 Å². The summed E-state index contributed by atoms with van der Waals surface area (Å²) in [5.41, 5.74) is 6.84. The Morgan fingerprint density at radius 3 is 2.32 bits per heavy atom. The van der Waals surface area contributed by atoms with Gasteiger partial charge in [-0.2, -0.15) is 0 Å². The number of carboxylic acid groups (broad SMARTS) is 1. The highest BCUT2D eigenvalue weighted by molar-refractivity contribution is 6.04. The van der Waals surface area contributed by atoms with Crippen LogP contribution in [0.5, 0.6) is 5.75 Å². The van der Waals surface area contributed by atoms with E-state index in [1.165, 1.54) is 0 Å². The summed E-state index contributed by atoms with van der Waals surface area (Å²) in [7, 11) is 1.64. The lowest BCUT2D eigenvalue weighted by Gasteiger charge is -2.32. The van der Waals surface area contributed by atoms with Gasteiger partial charge in [0.05, 0.1) is 32.1 Å². The first-order valence-corrected chi connectivity index (χ1v) is 12.3. The molecular weight excluding hydrogens is 476 g/mol. The lowest BCUT2D eigenvalue weighted by molar-refractivity contribution is -0.342. The van der Waals surface area contributed by atoms with Gasteiger partial charge in [-0.25, -0.2) is 9.78 Å². The van der Waals surface area contributed by atoms with E-state index in [-0.39, 0.29) is 17.1 Å². The van der Waals surface area contributed by atoms with Gasteiger partial charge in [0, 0.05) is 11.5 Å². The smallest absolute Gasteiger partial charge is 0.411 e. The quantitative estimate of drug-likeness (QED) is 0.478. The fraction of sp³-hybridized carbons (Fsp3) is 0.481. The van der Waals surface area contributed by atoms with E-state index in [0.717, 1.165) is 30.0 Å². The minimum absolute atomic E-state index is 0.0231. The summed E-state index contributed by atoms with van der Waals surface area (Å²) in [4.78, 5) is 37.2. The van der Waals surface area contributed by atoms with Crippen molar-refractivity contribution in [1.82, 2.24) is 0 Å². The minimum Gasteiger partial charge on any atom is -0.549 e. The first-order chi connectivity index (χ1) is 17.4. The van der Waals surface area contributed by atoms with Crippen LogP contribution in [0.4, 0.5) is 22.1 Å². The third-order valence-electron chi connectivity index (χ3n) is 7.92. The van der Waals surface area contributed by atoms with E-state index in [1.807, 2.05) is 45.0 Å². The highest BCUT2D eigenvalue weighted by Gasteiger charge is 2.66. The van der Waals surface area contributed by atoms with Gasteiger partial charge in [-0.15, -0.1) is 0 Å². The second-order valence-electron chi connectivity index (χ2n) is 10.1. The Morgan fingerprint density at radius 2 is 1.84 bits per heavy atom. The van der Waals surface area contributed by atoms with E-state index in [2.05, 4.69) is 15.6 Å². The zero-order chi connectivity index (χ0) is 27.4. The lowest BCUT2D eigenvalue weighted by atomic mass is 9.70. The van der Waals surface area contributed by atoms with Crippen LogP contribution in [-0.4, -0.2) is 31.6 Å². The average molecular weight is 513 g/mol. The van der Waals surface area contributed by atoms with Crippen molar-refractivity contribution in [2.45, 2.75) is 47.1 Å². The van der Waals surface area contributed by atoms with E-state index in [0.29, 0.717) is 24.7 Å². The van der Waals surface area contributed by atoms with Gasteiger partial charge in [0.2, 0.25) is 11.6 Å². The number of nitrogens with two attached hydrogens (primary N) is 1. The maximum atomic E-state index is 11.9. The number of aromatic amines is 1. The molecule has 2 aromatic rings. The molecule has 0 radical (unpaired) electrons. The van der Waals surface area contributed by atoms with Crippen molar-refractivity contribution in [1.29, 1.82) is 0 Å². The second kappa shape index (κ2) is 11.1. The van der Waals surface area contributed by atoms with Crippen LogP contribution in [-0.2, 0) is 20.9 Å². The van der Waals surface area contributed by atoms with E-state index in [1.54, 1.807) is 26.2 Å². The number of carbonyl (C=O) groups is 3. The number of hydrogen-bond acceptors (Lipinski definition) is 8. The van der Waals surface area contributed by atoms with Gasteiger partial charge >= 0.3 is 6.09 Å². The van der Waals surface area contributed by atoms with Gasteiger partial charge in [-0.1, -0.05) is 32.9 Å². The van der Waals surface area contributed by atoms with Crippen molar-refractivity contribution in [2.24, 2.45) is 22.7 Å². The number of methoxy groups -OCH3 is 1. The molecule has 5 N–H and O–H groups in total. The third-order valence-corrected chi connectivity index (χ3v) is 7.92. The number of ketones is 1. The van der Waals surface area contributed by atoms with Gasteiger partial charge in [-0.05, 0) is 54.9 Å². The van der Waals surface area contributed by atoms with Crippen LogP contribution in [0.25, 0.3) is 0 Å². The Bertz CT molecular complexity index is 1150. The molecule has 37 heavy (non-hydrogen) atoms. The maximum Gasteiger partial charge on any atom is 0.411 e. The normalized spacial score (nSPS) is 23.0. The molecule has 3 atom stereocenters. The molecule has 2 saturated carbocycles. The fourth-order valence-corrected chi connectivity index (χ4v) is 5.30. The predicted octanol–water partition coefficient (Wildman–Crippen LogP) is 2.65. The molecule has 1 amide bonds. The predicted molar refractivity (Wildman–Crippen MR) is 136 cm³/mol. The molecule has 0 saturated heterocycles. The molecule has 3 unspecified atom stereocenters. The van der Waals surface area contributed by atoms with E-state index >= 15 is 0 Å². The molecule has 1 aromatic heterocycles. The molecular formula is C27H36N4O6. The summed E-state index contributed by atoms with van der Waals surface area (Å²) < 4.78 is 9.93. The lowest BCUT2D eigenvalue weighted by Crippen LogP contribution is -2.41. The molecule has 200 valence electrons. The summed E-state index contributed by atoms with van der Waals surface area (Å²) in [6, 6.07) is 11.3. The highest BCUT2D eigenvalue weighted by atomic mass is 16.5. The Hall–Kier alpha value is -3.82. The Kier molecular flexibility index (Phi) is 8.30. The maximum absolute atomic E-state index is 11.9. The number of aromatic nitrogens is 1. The number of amides is 1. The first kappa shape index (κ1) is 27.8. The molecule has 2 bridgehead atoms. The minimum atomic E-state index is -1.18. The Balaban J connectivity index is 0.000000231. The van der Waals surface area contributed by atoms with Crippen LogP contribution in [0, 0.1) is 22.7 Å². The van der Waals surface area contributed by atoms with Crippen molar-refractivity contribution < 1.29 is 33.9 Å². The third kappa shape index (κ3) is 5.63. The van der Waals surface area contributed by atoms with Crippen molar-refractivity contribution >= 4 is 35.2 Å². The number of pyridine rings is 1. The molecule has 1 heterocycles. The molecule has 2 aliphatic rings. The molecule has 2 fully saturated rings. The number of fused-ring (bicyclic) bond motifs is 2. The van der Waals surface area contributed by atoms with Crippen LogP contribution < -0.4 is 31.2 Å². The number of rotatable bonds is 7. The second-order valence-corrected chi connectivity index (χ2v) is 10.1. The molecule has 0 aliphatic heterocycles. The average Bonchev–Trinajstić information content (AvgIpc) is 3.17. The van der Waals surface area contributed by atoms with Gasteiger partial charge in [0.15, 0.2) is 0 Å². The van der Waals surface area contributed by atoms with E-state index < -0.39 is 23.4 Å². The summed E-state index contributed by atoms with van der Waals surface area (Å²) in [5, 5.41) is 16.7. The number of carboxylic acids is 1. The van der Waals surface area contributed by atoms with Gasteiger partial charge < -0.3 is 30.4 Å². The number of nitrogen functional groups attached to an aromatic ring is 1. The first-order valence-electron chi connectivity index (χ1n) is 12.3. The zero-order valence-electron chi connectivity index (χ0n) is 22.0. The molecule has 4 rings (SSSR count). The van der Waals surface area contributed by atoms with Gasteiger partial charge in [0.25, 0.3) is 0 Å². The van der Waals surface area contributed by atoms with Crippen LogP contribution in [0.1, 0.15) is 46.1 Å². The van der Waals surface area contributed by atoms with Crippen molar-refractivity contribution in [3.8, 4) is 5.75 Å². The number of H-pyrrole nitrogens is 1. The van der Waals surface area contributed by atoms with Gasteiger partial charge in [0.1, 0.15) is 17.2 Å². The molecule has 1 aromatic carbocycles. The monoisotopic (exact) mass is 512 g/mol. The highest BCUT2D eigenvalue weighted by Crippen LogP contribution is 2.65. The molecule has 10 nitrogen and oxygen atoms in total. The number of anilines is 3. The number of aliphatic carboxylic acids is 1. The number of benzene rings is 1. The number of hydrogen-bond donors (Lipinski definition) is 3.